The molecule has 0 radical (unpaired) electrons. The molecule has 1 aromatic rings. The molecule has 0 bridgehead atoms. The van der Waals surface area contributed by atoms with Gasteiger partial charge in [0.05, 0.1) is 10.7 Å². The molecule has 0 atom stereocenters. The van der Waals surface area contributed by atoms with Crippen LogP contribution in [0.2, 0.25) is 0 Å². The predicted molar refractivity (Wildman–Crippen MR) is 60.7 cm³/mol. The SMILES string of the molecule is NC(=S)CS(=O)(=O)Cc1ccccc1F. The summed E-state index contributed by atoms with van der Waals surface area (Å²) in [4.78, 5) is -0.105. The van der Waals surface area contributed by atoms with Gasteiger partial charge >= 0.3 is 0 Å². The highest BCUT2D eigenvalue weighted by molar-refractivity contribution is 7.93. The third-order valence-corrected chi connectivity index (χ3v) is 3.52. The van der Waals surface area contributed by atoms with Crippen molar-refractivity contribution in [1.29, 1.82) is 0 Å². The smallest absolute Gasteiger partial charge is 0.161 e. The van der Waals surface area contributed by atoms with E-state index in [-0.39, 0.29) is 16.3 Å². The van der Waals surface area contributed by atoms with Crippen molar-refractivity contribution in [2.45, 2.75) is 5.75 Å². The lowest BCUT2D eigenvalue weighted by Crippen LogP contribution is -2.22. The zero-order valence-corrected chi connectivity index (χ0v) is 9.44. The Morgan fingerprint density at radius 3 is 2.53 bits per heavy atom. The van der Waals surface area contributed by atoms with Crippen molar-refractivity contribution in [2.24, 2.45) is 5.73 Å². The number of halogens is 1. The summed E-state index contributed by atoms with van der Waals surface area (Å²) in [5.74, 6) is -1.31. The summed E-state index contributed by atoms with van der Waals surface area (Å²) in [6, 6.07) is 5.71. The van der Waals surface area contributed by atoms with Crippen LogP contribution in [0.4, 0.5) is 4.39 Å². The van der Waals surface area contributed by atoms with Gasteiger partial charge in [0.25, 0.3) is 0 Å². The van der Waals surface area contributed by atoms with E-state index in [1.165, 1.54) is 18.2 Å². The molecule has 0 heterocycles. The van der Waals surface area contributed by atoms with Crippen molar-refractivity contribution in [3.63, 3.8) is 0 Å². The van der Waals surface area contributed by atoms with E-state index in [0.29, 0.717) is 0 Å². The molecule has 1 rings (SSSR count). The lowest BCUT2D eigenvalue weighted by Gasteiger charge is -2.04. The van der Waals surface area contributed by atoms with Crippen LogP contribution in [0.25, 0.3) is 0 Å². The molecule has 0 unspecified atom stereocenters. The molecule has 0 saturated heterocycles. The summed E-state index contributed by atoms with van der Waals surface area (Å²) < 4.78 is 36.0. The van der Waals surface area contributed by atoms with Crippen LogP contribution in [0.3, 0.4) is 0 Å². The van der Waals surface area contributed by atoms with Gasteiger partial charge in [0, 0.05) is 5.56 Å². The van der Waals surface area contributed by atoms with Gasteiger partial charge in [-0.25, -0.2) is 12.8 Å². The molecule has 3 nitrogen and oxygen atoms in total. The molecular weight excluding hydrogens is 237 g/mol. The Morgan fingerprint density at radius 2 is 2.00 bits per heavy atom. The maximum atomic E-state index is 13.1. The molecule has 0 aliphatic carbocycles. The summed E-state index contributed by atoms with van der Waals surface area (Å²) in [6.07, 6.45) is 0. The van der Waals surface area contributed by atoms with E-state index >= 15 is 0 Å². The third kappa shape index (κ3) is 3.93. The molecule has 15 heavy (non-hydrogen) atoms. The first-order chi connectivity index (χ1) is 6.91. The summed E-state index contributed by atoms with van der Waals surface area (Å²) in [5, 5.41) is 0. The minimum Gasteiger partial charge on any atom is -0.392 e. The fourth-order valence-electron chi connectivity index (χ4n) is 1.12. The highest BCUT2D eigenvalue weighted by atomic mass is 32.2. The van der Waals surface area contributed by atoms with Gasteiger partial charge in [0.15, 0.2) is 9.84 Å². The van der Waals surface area contributed by atoms with Crippen LogP contribution in [0, 0.1) is 5.82 Å². The minimum absolute atomic E-state index is 0.105. The lowest BCUT2D eigenvalue weighted by molar-refractivity contribution is 0.590. The van der Waals surface area contributed by atoms with E-state index in [1.807, 2.05) is 0 Å². The Bertz CT molecular complexity index is 471. The predicted octanol–water partition coefficient (Wildman–Crippen LogP) is 1.03. The minimum atomic E-state index is -3.46. The number of thiocarbonyl (C=S) groups is 1. The van der Waals surface area contributed by atoms with Crippen molar-refractivity contribution in [1.82, 2.24) is 0 Å². The molecule has 0 amide bonds. The van der Waals surface area contributed by atoms with Crippen molar-refractivity contribution in [2.75, 3.05) is 5.75 Å². The first-order valence-electron chi connectivity index (χ1n) is 4.13. The summed E-state index contributed by atoms with van der Waals surface area (Å²) in [6.45, 7) is 0. The Morgan fingerprint density at radius 1 is 1.40 bits per heavy atom. The molecule has 1 aromatic carbocycles. The van der Waals surface area contributed by atoms with E-state index in [9.17, 15) is 12.8 Å². The van der Waals surface area contributed by atoms with Gasteiger partial charge in [-0.3, -0.25) is 0 Å². The zero-order valence-electron chi connectivity index (χ0n) is 7.81. The number of hydrogen-bond acceptors (Lipinski definition) is 3. The second kappa shape index (κ2) is 4.67. The third-order valence-electron chi connectivity index (χ3n) is 1.70. The van der Waals surface area contributed by atoms with E-state index in [1.54, 1.807) is 6.07 Å². The number of nitrogens with two attached hydrogens (primary N) is 1. The van der Waals surface area contributed by atoms with Gasteiger partial charge < -0.3 is 5.73 Å². The zero-order chi connectivity index (χ0) is 11.5. The van der Waals surface area contributed by atoms with Gasteiger partial charge in [-0.2, -0.15) is 0 Å². The Kier molecular flexibility index (Phi) is 3.76. The van der Waals surface area contributed by atoms with E-state index < -0.39 is 21.4 Å². The highest BCUT2D eigenvalue weighted by Gasteiger charge is 2.15. The van der Waals surface area contributed by atoms with Crippen LogP contribution in [-0.2, 0) is 15.6 Å². The van der Waals surface area contributed by atoms with Gasteiger partial charge in [0.2, 0.25) is 0 Å². The summed E-state index contributed by atoms with van der Waals surface area (Å²) in [7, 11) is -3.46. The second-order valence-corrected chi connectivity index (χ2v) is 5.68. The first-order valence-corrected chi connectivity index (χ1v) is 6.36. The molecule has 0 saturated carbocycles. The summed E-state index contributed by atoms with van der Waals surface area (Å²) >= 11 is 4.50. The molecule has 0 aliphatic rings. The quantitative estimate of drug-likeness (QED) is 0.807. The van der Waals surface area contributed by atoms with Gasteiger partial charge in [-0.05, 0) is 6.07 Å². The highest BCUT2D eigenvalue weighted by Crippen LogP contribution is 2.11. The fraction of sp³-hybridized carbons (Fsp3) is 0.222. The number of rotatable bonds is 4. The molecule has 82 valence electrons. The summed E-state index contributed by atoms with van der Waals surface area (Å²) in [5.41, 5.74) is 5.26. The molecule has 0 spiro atoms. The van der Waals surface area contributed by atoms with Crippen LogP contribution < -0.4 is 5.73 Å². The first kappa shape index (κ1) is 12.1. The van der Waals surface area contributed by atoms with Crippen LogP contribution >= 0.6 is 12.2 Å². The molecule has 6 heteroatoms. The van der Waals surface area contributed by atoms with Gasteiger partial charge in [0.1, 0.15) is 11.6 Å². The molecule has 0 aromatic heterocycles. The van der Waals surface area contributed by atoms with Crippen molar-refractivity contribution in [3.8, 4) is 0 Å². The number of hydrogen-bond donors (Lipinski definition) is 1. The molecule has 0 aliphatic heterocycles. The monoisotopic (exact) mass is 247 g/mol. The van der Waals surface area contributed by atoms with Crippen LogP contribution in [0.5, 0.6) is 0 Å². The van der Waals surface area contributed by atoms with E-state index in [4.69, 9.17) is 5.73 Å². The van der Waals surface area contributed by atoms with E-state index in [0.717, 1.165) is 0 Å². The maximum absolute atomic E-state index is 13.1. The van der Waals surface area contributed by atoms with Crippen LogP contribution in [-0.4, -0.2) is 19.2 Å². The number of sulfone groups is 1. The van der Waals surface area contributed by atoms with Crippen molar-refractivity contribution >= 4 is 27.0 Å². The average molecular weight is 247 g/mol. The maximum Gasteiger partial charge on any atom is 0.161 e. The Balaban J connectivity index is 2.87. The van der Waals surface area contributed by atoms with Gasteiger partial charge in [-0.1, -0.05) is 30.4 Å². The largest absolute Gasteiger partial charge is 0.392 e. The van der Waals surface area contributed by atoms with Crippen molar-refractivity contribution in [3.05, 3.63) is 35.6 Å². The van der Waals surface area contributed by atoms with Crippen LogP contribution in [0.1, 0.15) is 5.56 Å². The van der Waals surface area contributed by atoms with E-state index in [2.05, 4.69) is 12.2 Å². The van der Waals surface area contributed by atoms with Crippen LogP contribution in [0.15, 0.2) is 24.3 Å². The van der Waals surface area contributed by atoms with Crippen molar-refractivity contribution < 1.29 is 12.8 Å². The second-order valence-electron chi connectivity index (χ2n) is 3.09. The van der Waals surface area contributed by atoms with Gasteiger partial charge in [-0.15, -0.1) is 0 Å². The normalized spacial score (nSPS) is 11.3. The topological polar surface area (TPSA) is 60.2 Å². The molecule has 0 fully saturated rings. The lowest BCUT2D eigenvalue weighted by atomic mass is 10.2. The molecule has 2 N–H and O–H groups in total. The standard InChI is InChI=1S/C9H10FNO2S2/c10-8-4-2-1-3-7(8)5-15(12,13)6-9(11)14/h1-4H,5-6H2,(H2,11,14). The molecular formula is C9H10FNO2S2. The Labute approximate surface area is 93.0 Å². The fourth-order valence-corrected chi connectivity index (χ4v) is 2.90. The Hall–Kier alpha value is -1.01. The average Bonchev–Trinajstić information content (AvgIpc) is 2.06. The number of benzene rings is 1.